The fourth-order valence-corrected chi connectivity index (χ4v) is 6.24. The van der Waals surface area contributed by atoms with Crippen molar-refractivity contribution in [2.24, 2.45) is 0 Å². The van der Waals surface area contributed by atoms with E-state index in [1.807, 2.05) is 59.4 Å². The van der Waals surface area contributed by atoms with E-state index in [1.165, 1.54) is 0 Å². The maximum Gasteiger partial charge on any atom is 0.165 e. The summed E-state index contributed by atoms with van der Waals surface area (Å²) in [5.41, 5.74) is 4.13. The van der Waals surface area contributed by atoms with Crippen LogP contribution in [0.1, 0.15) is 0 Å². The highest BCUT2D eigenvalue weighted by Crippen LogP contribution is 2.33. The number of anilines is 2. The molecule has 0 amide bonds. The molecule has 45 heavy (non-hydrogen) atoms. The Labute approximate surface area is 267 Å². The van der Waals surface area contributed by atoms with Gasteiger partial charge in [0, 0.05) is 35.6 Å². The summed E-state index contributed by atoms with van der Waals surface area (Å²) < 4.78 is 21.8. The average Bonchev–Trinajstić information content (AvgIpc) is 3.57. The highest BCUT2D eigenvalue weighted by Gasteiger charge is 2.22. The van der Waals surface area contributed by atoms with Gasteiger partial charge in [0.25, 0.3) is 0 Å². The molecule has 5 rings (SSSR count). The number of ether oxygens (including phenoxy) is 3. The molecule has 1 N–H and O–H groups in total. The van der Waals surface area contributed by atoms with E-state index >= 15 is 0 Å². The first-order chi connectivity index (χ1) is 21.5. The Morgan fingerprint density at radius 2 is 1.49 bits per heavy atom. The quantitative estimate of drug-likeness (QED) is 0.0914. The highest BCUT2D eigenvalue weighted by atomic mass is 28.3. The summed E-state index contributed by atoms with van der Waals surface area (Å²) in [4.78, 5) is 14.4. The molecule has 3 heterocycles. The predicted octanol–water partition coefficient (Wildman–Crippen LogP) is 7.73. The minimum Gasteiger partial charge on any atom is -0.496 e. The number of nitrogens with one attached hydrogen (secondary N) is 1. The van der Waals surface area contributed by atoms with Gasteiger partial charge in [-0.3, -0.25) is 4.57 Å². The highest BCUT2D eigenvalue weighted by molar-refractivity contribution is 6.76. The van der Waals surface area contributed by atoms with Gasteiger partial charge < -0.3 is 19.5 Å². The number of hydrogen-bond acceptors (Lipinski definition) is 8. The minimum absolute atomic E-state index is 0.336. The molecule has 0 aliphatic rings. The maximum atomic E-state index is 6.24. The molecule has 0 unspecified atom stereocenters. The van der Waals surface area contributed by atoms with Crippen LogP contribution in [0.2, 0.25) is 51.4 Å². The summed E-state index contributed by atoms with van der Waals surface area (Å²) in [6.45, 7) is 16.2. The van der Waals surface area contributed by atoms with Crippen molar-refractivity contribution in [3.05, 3.63) is 67.0 Å². The number of fused-ring (bicyclic) bond motifs is 1. The van der Waals surface area contributed by atoms with Gasteiger partial charge in [0.1, 0.15) is 25.0 Å². The molecule has 238 valence electrons. The Morgan fingerprint density at radius 1 is 0.800 bits per heavy atom. The average molecular weight is 644 g/mol. The zero-order valence-electron chi connectivity index (χ0n) is 27.5. The van der Waals surface area contributed by atoms with E-state index < -0.39 is 16.1 Å². The molecule has 0 aliphatic heterocycles. The number of aromatic nitrogens is 6. The van der Waals surface area contributed by atoms with Crippen molar-refractivity contribution in [3.8, 4) is 28.7 Å². The van der Waals surface area contributed by atoms with E-state index in [4.69, 9.17) is 29.3 Å². The number of hydrogen-bond donors (Lipinski definition) is 1. The van der Waals surface area contributed by atoms with Crippen molar-refractivity contribution in [1.29, 1.82) is 0 Å². The van der Waals surface area contributed by atoms with Crippen molar-refractivity contribution in [3.63, 3.8) is 0 Å². The molecule has 0 saturated carbocycles. The lowest BCUT2D eigenvalue weighted by molar-refractivity contribution is 0.0786. The first kappa shape index (κ1) is 32.5. The van der Waals surface area contributed by atoms with Crippen molar-refractivity contribution in [1.82, 2.24) is 29.3 Å². The molecule has 3 aromatic heterocycles. The lowest BCUT2D eigenvalue weighted by Gasteiger charge is -2.16. The van der Waals surface area contributed by atoms with Crippen molar-refractivity contribution in [2.75, 3.05) is 25.6 Å². The van der Waals surface area contributed by atoms with Crippen LogP contribution in [-0.4, -0.2) is 65.8 Å². The smallest absolute Gasteiger partial charge is 0.165 e. The third-order valence-electron chi connectivity index (χ3n) is 7.33. The Bertz CT molecular complexity index is 1720. The number of para-hydroxylation sites is 3. The van der Waals surface area contributed by atoms with Gasteiger partial charge in [-0.05, 0) is 42.4 Å². The van der Waals surface area contributed by atoms with Crippen molar-refractivity contribution in [2.45, 2.75) is 64.8 Å². The third kappa shape index (κ3) is 8.66. The van der Waals surface area contributed by atoms with Gasteiger partial charge >= 0.3 is 0 Å². The van der Waals surface area contributed by atoms with E-state index in [0.717, 1.165) is 34.4 Å². The predicted molar refractivity (Wildman–Crippen MR) is 186 cm³/mol. The van der Waals surface area contributed by atoms with Crippen LogP contribution < -0.4 is 10.1 Å². The first-order valence-corrected chi connectivity index (χ1v) is 22.8. The maximum absolute atomic E-state index is 6.24. The molecule has 5 aromatic rings. The summed E-state index contributed by atoms with van der Waals surface area (Å²) in [7, 11) is -0.797. The van der Waals surface area contributed by atoms with E-state index in [9.17, 15) is 0 Å². The van der Waals surface area contributed by atoms with E-state index in [2.05, 4.69) is 60.2 Å². The van der Waals surface area contributed by atoms with Gasteiger partial charge in [-0.25, -0.2) is 19.6 Å². The zero-order valence-corrected chi connectivity index (χ0v) is 29.5. The Kier molecular flexibility index (Phi) is 10.2. The van der Waals surface area contributed by atoms with Crippen LogP contribution in [0.15, 0.2) is 67.0 Å². The van der Waals surface area contributed by atoms with Gasteiger partial charge in [0.2, 0.25) is 0 Å². The minimum atomic E-state index is -1.23. The van der Waals surface area contributed by atoms with Crippen LogP contribution in [0.3, 0.4) is 0 Å². The molecule has 0 bridgehead atoms. The summed E-state index contributed by atoms with van der Waals surface area (Å²) in [6.07, 6.45) is 3.69. The van der Waals surface area contributed by atoms with Gasteiger partial charge in [0.15, 0.2) is 17.3 Å². The second kappa shape index (κ2) is 14.1. The zero-order chi connectivity index (χ0) is 32.0. The summed E-state index contributed by atoms with van der Waals surface area (Å²) in [5.74, 6) is 2.61. The second-order valence-corrected chi connectivity index (χ2v) is 24.8. The summed E-state index contributed by atoms with van der Waals surface area (Å²) >= 11 is 0. The number of benzene rings is 2. The van der Waals surface area contributed by atoms with Gasteiger partial charge in [-0.2, -0.15) is 5.10 Å². The van der Waals surface area contributed by atoms with Crippen LogP contribution in [0.5, 0.6) is 5.75 Å². The standard InChI is InChI=1S/C33H45N7O3Si2/c1-41-29-15-11-8-12-25(29)32-34-17-16-30(37-32)35-27-22-39(23-42-18-20-44(2,3)4)38-31(27)33-36-26-13-9-10-14-28(26)40(33)24-43-19-21-45(5,6)7/h8-17,22H,18-21,23-24H2,1-7H3,(H,34,35,37). The molecule has 0 radical (unpaired) electrons. The lowest BCUT2D eigenvalue weighted by atomic mass is 10.2. The Morgan fingerprint density at radius 3 is 2.22 bits per heavy atom. The Balaban J connectivity index is 1.50. The fraction of sp³-hybridized carbons (Fsp3) is 0.394. The van der Waals surface area contributed by atoms with Gasteiger partial charge in [0.05, 0.1) is 35.6 Å². The second-order valence-electron chi connectivity index (χ2n) is 13.6. The normalized spacial score (nSPS) is 12.2. The van der Waals surface area contributed by atoms with Crippen molar-refractivity contribution < 1.29 is 14.2 Å². The van der Waals surface area contributed by atoms with E-state index in [1.54, 1.807) is 13.3 Å². The van der Waals surface area contributed by atoms with Gasteiger partial charge in [-0.1, -0.05) is 63.5 Å². The lowest BCUT2D eigenvalue weighted by Crippen LogP contribution is -2.22. The molecule has 0 aliphatic carbocycles. The van der Waals surface area contributed by atoms with E-state index in [0.29, 0.717) is 55.6 Å². The van der Waals surface area contributed by atoms with Crippen LogP contribution in [-0.2, 0) is 22.9 Å². The van der Waals surface area contributed by atoms with Crippen molar-refractivity contribution >= 4 is 38.7 Å². The Hall–Kier alpha value is -3.85. The third-order valence-corrected chi connectivity index (χ3v) is 10.7. The number of imidazole rings is 1. The molecule has 12 heteroatoms. The molecular weight excluding hydrogens is 599 g/mol. The van der Waals surface area contributed by atoms with Gasteiger partial charge in [-0.15, -0.1) is 0 Å². The summed E-state index contributed by atoms with van der Waals surface area (Å²) in [5, 5.41) is 8.49. The van der Waals surface area contributed by atoms with Crippen LogP contribution in [0.4, 0.5) is 11.5 Å². The largest absolute Gasteiger partial charge is 0.496 e. The topological polar surface area (TPSA) is 101 Å². The number of methoxy groups -OCH3 is 1. The number of rotatable bonds is 15. The molecule has 0 atom stereocenters. The molecule has 10 nitrogen and oxygen atoms in total. The van der Waals surface area contributed by atoms with Crippen LogP contribution >= 0.6 is 0 Å². The summed E-state index contributed by atoms with van der Waals surface area (Å²) in [6, 6.07) is 19.9. The molecule has 2 aromatic carbocycles. The van der Waals surface area contributed by atoms with E-state index in [-0.39, 0.29) is 0 Å². The molecule has 0 spiro atoms. The molecule has 0 saturated heterocycles. The fourth-order valence-electron chi connectivity index (χ4n) is 4.73. The SMILES string of the molecule is COc1ccccc1-c1nccc(Nc2cn(COCC[Si](C)(C)C)nc2-c2nc3ccccc3n2COCC[Si](C)(C)C)n1. The molecular formula is C33H45N7O3Si2. The van der Waals surface area contributed by atoms with Crippen LogP contribution in [0.25, 0.3) is 33.9 Å². The monoisotopic (exact) mass is 643 g/mol. The number of nitrogens with zero attached hydrogens (tertiary/aromatic N) is 6. The molecule has 0 fully saturated rings. The first-order valence-electron chi connectivity index (χ1n) is 15.4. The van der Waals surface area contributed by atoms with Crippen LogP contribution in [0, 0.1) is 0 Å².